The quantitative estimate of drug-likeness (QED) is 0.229. The number of aromatic amines is 1. The maximum Gasteiger partial charge on any atom is 0.309 e. The highest BCUT2D eigenvalue weighted by Gasteiger charge is 2.13. The van der Waals surface area contributed by atoms with Gasteiger partial charge in [-0.1, -0.05) is 89.0 Å². The predicted octanol–water partition coefficient (Wildman–Crippen LogP) is 6.27. The summed E-state index contributed by atoms with van der Waals surface area (Å²) in [6, 6.07) is 12.1. The number of aliphatic hydroxyl groups excluding tert-OH is 1. The molecule has 2 heterocycles. The highest BCUT2D eigenvalue weighted by atomic mass is 16.4. The Morgan fingerprint density at radius 2 is 1.53 bits per heavy atom. The summed E-state index contributed by atoms with van der Waals surface area (Å²) in [4.78, 5) is 22.6. The van der Waals surface area contributed by atoms with Crippen LogP contribution in [0.2, 0.25) is 0 Å². The number of carbonyl (C=O) groups is 1. The monoisotopic (exact) mass is 467 g/mol. The number of aliphatic hydroxyl groups is 1. The number of hydrogen-bond donors (Lipinski definition) is 3. The first kappa shape index (κ1) is 27.5. The third kappa shape index (κ3) is 10.9. The van der Waals surface area contributed by atoms with E-state index in [0.29, 0.717) is 17.9 Å². The number of aromatic nitrogens is 3. The highest BCUT2D eigenvalue weighted by Crippen LogP contribution is 2.15. The Morgan fingerprint density at radius 1 is 0.882 bits per heavy atom. The fourth-order valence-electron chi connectivity index (χ4n) is 4.03. The van der Waals surface area contributed by atoms with Gasteiger partial charge in [0.15, 0.2) is 0 Å². The number of unbranched alkanes of at least 4 members (excludes halogenated alkanes) is 9. The summed E-state index contributed by atoms with van der Waals surface area (Å²) >= 11 is 0. The average Bonchev–Trinajstić information content (AvgIpc) is 3.21. The number of nitrogens with zero attached hydrogens (tertiary/aromatic N) is 2. The zero-order chi connectivity index (χ0) is 24.4. The van der Waals surface area contributed by atoms with Crippen molar-refractivity contribution < 1.29 is 15.0 Å². The van der Waals surface area contributed by atoms with Gasteiger partial charge in [-0.05, 0) is 25.0 Å². The Labute approximate surface area is 203 Å². The van der Waals surface area contributed by atoms with E-state index in [1.807, 2.05) is 30.5 Å². The van der Waals surface area contributed by atoms with Crippen molar-refractivity contribution in [3.8, 4) is 0 Å². The molecule has 0 atom stereocenters. The fourth-order valence-corrected chi connectivity index (χ4v) is 4.03. The van der Waals surface area contributed by atoms with Crippen molar-refractivity contribution >= 4 is 16.9 Å². The summed E-state index contributed by atoms with van der Waals surface area (Å²) in [6.07, 6.45) is 15.9. The maximum atomic E-state index is 10.9. The normalized spacial score (nSPS) is 10.8. The molecular weight excluding hydrogens is 426 g/mol. The largest absolute Gasteiger partial charge is 0.481 e. The van der Waals surface area contributed by atoms with Crippen molar-refractivity contribution in [1.82, 2.24) is 15.0 Å². The smallest absolute Gasteiger partial charge is 0.309 e. The summed E-state index contributed by atoms with van der Waals surface area (Å²) in [6.45, 7) is 2.27. The van der Waals surface area contributed by atoms with Crippen molar-refractivity contribution in [1.29, 1.82) is 0 Å². The first-order valence-electron chi connectivity index (χ1n) is 12.8. The summed E-state index contributed by atoms with van der Waals surface area (Å²) in [5.41, 5.74) is 2.62. The third-order valence-electron chi connectivity index (χ3n) is 5.87. The minimum atomic E-state index is -0.860. The van der Waals surface area contributed by atoms with Crippen LogP contribution in [0.5, 0.6) is 0 Å². The van der Waals surface area contributed by atoms with E-state index in [4.69, 9.17) is 10.2 Å². The van der Waals surface area contributed by atoms with Crippen LogP contribution < -0.4 is 0 Å². The van der Waals surface area contributed by atoms with Gasteiger partial charge in [-0.3, -0.25) is 9.78 Å². The van der Waals surface area contributed by atoms with Gasteiger partial charge in [0.1, 0.15) is 5.82 Å². The van der Waals surface area contributed by atoms with Gasteiger partial charge in [0.2, 0.25) is 0 Å². The third-order valence-corrected chi connectivity index (χ3v) is 5.87. The number of carboxylic acid groups (broad SMARTS) is 1. The Morgan fingerprint density at radius 3 is 2.18 bits per heavy atom. The number of H-pyrrole nitrogens is 1. The van der Waals surface area contributed by atoms with Crippen LogP contribution in [0.15, 0.2) is 42.6 Å². The van der Waals surface area contributed by atoms with Crippen molar-refractivity contribution in [2.75, 3.05) is 6.61 Å². The number of fused-ring (bicyclic) bond motifs is 1. The number of benzene rings is 1. The van der Waals surface area contributed by atoms with Crippen LogP contribution >= 0.6 is 0 Å². The lowest BCUT2D eigenvalue weighted by Crippen LogP contribution is -2.03. The Kier molecular flexibility index (Phi) is 13.6. The van der Waals surface area contributed by atoms with Gasteiger partial charge in [0.05, 0.1) is 24.2 Å². The number of rotatable bonds is 15. The van der Waals surface area contributed by atoms with Crippen molar-refractivity contribution in [3.05, 3.63) is 59.8 Å². The van der Waals surface area contributed by atoms with Gasteiger partial charge in [0, 0.05) is 23.7 Å². The molecule has 0 bridgehead atoms. The van der Waals surface area contributed by atoms with Crippen molar-refractivity contribution in [3.63, 3.8) is 0 Å². The summed E-state index contributed by atoms with van der Waals surface area (Å²) < 4.78 is 0. The van der Waals surface area contributed by atoms with Crippen LogP contribution in [0.4, 0.5) is 0 Å². The molecule has 0 saturated carbocycles. The number of hydrogen-bond acceptors (Lipinski definition) is 4. The van der Waals surface area contributed by atoms with E-state index in [1.54, 1.807) is 0 Å². The average molecular weight is 468 g/mol. The van der Waals surface area contributed by atoms with Gasteiger partial charge in [-0.15, -0.1) is 0 Å². The molecule has 0 radical (unpaired) electrons. The minimum absolute atomic E-state index is 0.0255. The minimum Gasteiger partial charge on any atom is -0.481 e. The molecule has 2 aromatic heterocycles. The first-order chi connectivity index (χ1) is 16.6. The van der Waals surface area contributed by atoms with E-state index >= 15 is 0 Å². The predicted molar refractivity (Wildman–Crippen MR) is 138 cm³/mol. The molecule has 186 valence electrons. The van der Waals surface area contributed by atoms with Gasteiger partial charge < -0.3 is 15.2 Å². The summed E-state index contributed by atoms with van der Waals surface area (Å²) in [5.74, 6) is -0.169. The van der Waals surface area contributed by atoms with Gasteiger partial charge in [-0.25, -0.2) is 4.98 Å². The number of pyridine rings is 1. The zero-order valence-corrected chi connectivity index (χ0v) is 20.6. The molecule has 3 rings (SSSR count). The molecule has 0 spiro atoms. The maximum absolute atomic E-state index is 10.9. The molecule has 0 amide bonds. The van der Waals surface area contributed by atoms with Gasteiger partial charge in [-0.2, -0.15) is 0 Å². The van der Waals surface area contributed by atoms with E-state index in [1.165, 1.54) is 63.2 Å². The van der Waals surface area contributed by atoms with Crippen LogP contribution in [-0.4, -0.2) is 37.7 Å². The molecule has 0 aliphatic rings. The lowest BCUT2D eigenvalue weighted by atomic mass is 10.0. The van der Waals surface area contributed by atoms with Crippen LogP contribution in [0.3, 0.4) is 0 Å². The van der Waals surface area contributed by atoms with E-state index in [2.05, 4.69) is 34.0 Å². The fraction of sp³-hybridized carbons (Fsp3) is 0.536. The lowest BCUT2D eigenvalue weighted by Gasteiger charge is -2.03. The van der Waals surface area contributed by atoms with Crippen LogP contribution in [0.25, 0.3) is 10.9 Å². The molecule has 3 aromatic rings. The Bertz CT molecular complexity index is 889. The molecule has 1 aromatic carbocycles. The molecule has 34 heavy (non-hydrogen) atoms. The van der Waals surface area contributed by atoms with Crippen LogP contribution in [0, 0.1) is 0 Å². The highest BCUT2D eigenvalue weighted by molar-refractivity contribution is 5.77. The number of carboxylic acids is 1. The van der Waals surface area contributed by atoms with E-state index in [0.717, 1.165) is 24.1 Å². The number of imidazole rings is 1. The van der Waals surface area contributed by atoms with Crippen molar-refractivity contribution in [2.45, 2.75) is 90.4 Å². The molecule has 0 saturated heterocycles. The number of para-hydroxylation sites is 1. The van der Waals surface area contributed by atoms with E-state index in [9.17, 15) is 4.79 Å². The molecular formula is C28H41N3O3. The second-order valence-corrected chi connectivity index (χ2v) is 8.78. The standard InChI is InChI=1S/C19H34N2O3.C9H7N/c1-2-3-4-5-6-7-8-9-10-11-12-16-17(15-19(23)24)21-18(20-16)13-14-22;1-2-6-9-8(4-1)5-3-7-10-9/h22H,2-15H2,1H3,(H,20,21)(H,23,24);1-7H. The molecule has 0 aliphatic carbocycles. The number of nitrogens with one attached hydrogen (secondary N) is 1. The van der Waals surface area contributed by atoms with E-state index in [-0.39, 0.29) is 13.0 Å². The zero-order valence-electron chi connectivity index (χ0n) is 20.6. The number of aliphatic carboxylic acids is 1. The number of aryl methyl sites for hydroxylation is 1. The second-order valence-electron chi connectivity index (χ2n) is 8.78. The van der Waals surface area contributed by atoms with Crippen LogP contribution in [-0.2, 0) is 24.1 Å². The Balaban J connectivity index is 0.000000333. The van der Waals surface area contributed by atoms with Crippen molar-refractivity contribution in [2.24, 2.45) is 0 Å². The molecule has 0 aliphatic heterocycles. The second kappa shape index (κ2) is 16.8. The molecule has 3 N–H and O–H groups in total. The summed E-state index contributed by atoms with van der Waals surface area (Å²) in [7, 11) is 0. The topological polar surface area (TPSA) is 99.1 Å². The molecule has 6 heteroatoms. The first-order valence-corrected chi connectivity index (χ1v) is 12.8. The molecule has 0 unspecified atom stereocenters. The Hall–Kier alpha value is -2.73. The lowest BCUT2D eigenvalue weighted by molar-refractivity contribution is -0.136. The SMILES string of the molecule is CCCCCCCCCCCCc1[nH]c(CCO)nc1CC(=O)O.c1ccc2ncccc2c1. The molecule has 6 nitrogen and oxygen atoms in total. The van der Waals surface area contributed by atoms with Gasteiger partial charge in [0.25, 0.3) is 0 Å². The summed E-state index contributed by atoms with van der Waals surface area (Å²) in [5, 5.41) is 19.2. The van der Waals surface area contributed by atoms with Gasteiger partial charge >= 0.3 is 5.97 Å². The van der Waals surface area contributed by atoms with E-state index < -0.39 is 5.97 Å². The molecule has 0 fully saturated rings. The van der Waals surface area contributed by atoms with Crippen LogP contribution in [0.1, 0.15) is 88.3 Å².